The molecule has 3 rings (SSSR count). The molecule has 1 amide bonds. The summed E-state index contributed by atoms with van der Waals surface area (Å²) < 4.78 is 0. The number of carbonyl (C=O) groups excluding carboxylic acids is 1. The van der Waals surface area contributed by atoms with Gasteiger partial charge in [-0.1, -0.05) is 0 Å². The highest BCUT2D eigenvalue weighted by Gasteiger charge is 2.30. The highest BCUT2D eigenvalue weighted by molar-refractivity contribution is 5.78. The van der Waals surface area contributed by atoms with E-state index in [1.165, 1.54) is 38.8 Å². The number of nitrogens with zero attached hydrogens (tertiary/aromatic N) is 2. The lowest BCUT2D eigenvalue weighted by atomic mass is 10.2. The number of hydrogen-bond donors (Lipinski definition) is 1. The van der Waals surface area contributed by atoms with Gasteiger partial charge in [0.25, 0.3) is 0 Å². The van der Waals surface area contributed by atoms with Gasteiger partial charge in [0.15, 0.2) is 0 Å². The van der Waals surface area contributed by atoms with Crippen molar-refractivity contribution in [2.75, 3.05) is 32.7 Å². The van der Waals surface area contributed by atoms with Crippen LogP contribution in [0.25, 0.3) is 0 Å². The standard InChI is InChI=1S/C13H23N3O/c17-13(9-14-11-4-5-11)16-8-2-7-15-6-1-3-12(15)10-16/h11-12,14H,1-10H2. The molecular weight excluding hydrogens is 214 g/mol. The molecule has 1 N–H and O–H groups in total. The van der Waals surface area contributed by atoms with E-state index < -0.39 is 0 Å². The summed E-state index contributed by atoms with van der Waals surface area (Å²) in [5.74, 6) is 0.311. The van der Waals surface area contributed by atoms with E-state index in [2.05, 4.69) is 15.1 Å². The normalized spacial score (nSPS) is 30.1. The quantitative estimate of drug-likeness (QED) is 0.773. The van der Waals surface area contributed by atoms with E-state index in [0.717, 1.165) is 19.5 Å². The molecule has 0 spiro atoms. The Labute approximate surface area is 103 Å². The van der Waals surface area contributed by atoms with Crippen LogP contribution < -0.4 is 5.32 Å². The first-order valence-electron chi connectivity index (χ1n) is 7.08. The summed E-state index contributed by atoms with van der Waals surface area (Å²) in [6, 6.07) is 1.27. The number of amides is 1. The van der Waals surface area contributed by atoms with E-state index in [4.69, 9.17) is 0 Å². The van der Waals surface area contributed by atoms with Crippen molar-refractivity contribution in [1.82, 2.24) is 15.1 Å². The lowest BCUT2D eigenvalue weighted by Crippen LogP contribution is -2.43. The van der Waals surface area contributed by atoms with Crippen LogP contribution in [0.1, 0.15) is 32.1 Å². The molecule has 96 valence electrons. The van der Waals surface area contributed by atoms with E-state index in [1.807, 2.05) is 0 Å². The summed E-state index contributed by atoms with van der Waals surface area (Å²) >= 11 is 0. The molecule has 4 nitrogen and oxygen atoms in total. The second kappa shape index (κ2) is 4.94. The van der Waals surface area contributed by atoms with Crippen LogP contribution in [0.4, 0.5) is 0 Å². The summed E-state index contributed by atoms with van der Waals surface area (Å²) in [5, 5.41) is 3.33. The largest absolute Gasteiger partial charge is 0.340 e. The zero-order valence-electron chi connectivity index (χ0n) is 10.5. The van der Waals surface area contributed by atoms with Crippen LogP contribution >= 0.6 is 0 Å². The summed E-state index contributed by atoms with van der Waals surface area (Å²) in [6.07, 6.45) is 6.24. The van der Waals surface area contributed by atoms with Crippen LogP contribution in [0.2, 0.25) is 0 Å². The Morgan fingerprint density at radius 3 is 2.76 bits per heavy atom. The molecule has 2 heterocycles. The van der Waals surface area contributed by atoms with Gasteiger partial charge >= 0.3 is 0 Å². The van der Waals surface area contributed by atoms with Gasteiger partial charge in [-0.2, -0.15) is 0 Å². The molecule has 4 heteroatoms. The first-order chi connectivity index (χ1) is 8.33. The molecule has 0 aromatic heterocycles. The maximum atomic E-state index is 12.1. The van der Waals surface area contributed by atoms with Gasteiger partial charge in [-0.25, -0.2) is 0 Å². The molecule has 0 aromatic carbocycles. The molecule has 2 aliphatic heterocycles. The number of carbonyl (C=O) groups is 1. The van der Waals surface area contributed by atoms with E-state index >= 15 is 0 Å². The van der Waals surface area contributed by atoms with Gasteiger partial charge in [-0.3, -0.25) is 9.69 Å². The van der Waals surface area contributed by atoms with Gasteiger partial charge < -0.3 is 10.2 Å². The molecular formula is C13H23N3O. The Bertz CT molecular complexity index is 290. The van der Waals surface area contributed by atoms with Crippen molar-refractivity contribution in [2.45, 2.75) is 44.2 Å². The van der Waals surface area contributed by atoms with Gasteiger partial charge in [-0.05, 0) is 38.6 Å². The average molecular weight is 237 g/mol. The van der Waals surface area contributed by atoms with Crippen molar-refractivity contribution in [3.8, 4) is 0 Å². The average Bonchev–Trinajstić information content (AvgIpc) is 3.10. The van der Waals surface area contributed by atoms with Crippen molar-refractivity contribution < 1.29 is 4.79 Å². The number of fused-ring (bicyclic) bond motifs is 1. The lowest BCUT2D eigenvalue weighted by molar-refractivity contribution is -0.130. The summed E-state index contributed by atoms with van der Waals surface area (Å²) in [5.41, 5.74) is 0. The summed E-state index contributed by atoms with van der Waals surface area (Å²) in [4.78, 5) is 16.8. The van der Waals surface area contributed by atoms with Crippen molar-refractivity contribution in [3.05, 3.63) is 0 Å². The topological polar surface area (TPSA) is 35.6 Å². The van der Waals surface area contributed by atoms with Crippen LogP contribution in [0, 0.1) is 0 Å². The predicted octanol–water partition coefficient (Wildman–Crippen LogP) is 0.435. The Morgan fingerprint density at radius 2 is 1.94 bits per heavy atom. The maximum absolute atomic E-state index is 12.1. The van der Waals surface area contributed by atoms with Crippen LogP contribution in [0.5, 0.6) is 0 Å². The van der Waals surface area contributed by atoms with E-state index in [0.29, 0.717) is 24.5 Å². The van der Waals surface area contributed by atoms with Crippen LogP contribution in [-0.4, -0.2) is 60.5 Å². The van der Waals surface area contributed by atoms with Crippen molar-refractivity contribution in [3.63, 3.8) is 0 Å². The molecule has 2 saturated heterocycles. The van der Waals surface area contributed by atoms with E-state index in [1.54, 1.807) is 0 Å². The van der Waals surface area contributed by atoms with Crippen LogP contribution in [0.15, 0.2) is 0 Å². The molecule has 17 heavy (non-hydrogen) atoms. The lowest BCUT2D eigenvalue weighted by Gasteiger charge is -2.25. The van der Waals surface area contributed by atoms with Crippen molar-refractivity contribution in [1.29, 1.82) is 0 Å². The monoisotopic (exact) mass is 237 g/mol. The predicted molar refractivity (Wildman–Crippen MR) is 66.8 cm³/mol. The minimum absolute atomic E-state index is 0.311. The molecule has 1 aliphatic carbocycles. The van der Waals surface area contributed by atoms with Crippen molar-refractivity contribution in [2.24, 2.45) is 0 Å². The SMILES string of the molecule is O=C(CNC1CC1)N1CCCN2CCCC2C1. The van der Waals surface area contributed by atoms with E-state index in [9.17, 15) is 4.79 Å². The van der Waals surface area contributed by atoms with Gasteiger partial charge in [0.05, 0.1) is 6.54 Å². The fourth-order valence-corrected chi connectivity index (χ4v) is 3.06. The Hall–Kier alpha value is -0.610. The Morgan fingerprint density at radius 1 is 1.12 bits per heavy atom. The minimum atomic E-state index is 0.311. The maximum Gasteiger partial charge on any atom is 0.236 e. The summed E-state index contributed by atoms with van der Waals surface area (Å²) in [7, 11) is 0. The van der Waals surface area contributed by atoms with Gasteiger partial charge in [0.1, 0.15) is 0 Å². The third kappa shape index (κ3) is 2.80. The zero-order chi connectivity index (χ0) is 11.7. The molecule has 0 radical (unpaired) electrons. The third-order valence-corrected chi connectivity index (χ3v) is 4.28. The highest BCUT2D eigenvalue weighted by Crippen LogP contribution is 2.21. The molecule has 3 aliphatic rings. The van der Waals surface area contributed by atoms with Crippen LogP contribution in [0.3, 0.4) is 0 Å². The Balaban J connectivity index is 1.52. The first-order valence-corrected chi connectivity index (χ1v) is 7.08. The molecule has 3 fully saturated rings. The fraction of sp³-hybridized carbons (Fsp3) is 0.923. The molecule has 1 unspecified atom stereocenters. The highest BCUT2D eigenvalue weighted by atomic mass is 16.2. The van der Waals surface area contributed by atoms with Crippen LogP contribution in [-0.2, 0) is 4.79 Å². The molecule has 0 bridgehead atoms. The van der Waals surface area contributed by atoms with Crippen molar-refractivity contribution >= 4 is 5.91 Å². The van der Waals surface area contributed by atoms with E-state index in [-0.39, 0.29) is 0 Å². The minimum Gasteiger partial charge on any atom is -0.340 e. The smallest absolute Gasteiger partial charge is 0.236 e. The third-order valence-electron chi connectivity index (χ3n) is 4.28. The van der Waals surface area contributed by atoms with Gasteiger partial charge in [0, 0.05) is 31.7 Å². The second-order valence-corrected chi connectivity index (χ2v) is 5.68. The van der Waals surface area contributed by atoms with Gasteiger partial charge in [0.2, 0.25) is 5.91 Å². The molecule has 1 atom stereocenters. The molecule has 0 aromatic rings. The van der Waals surface area contributed by atoms with Gasteiger partial charge in [-0.15, -0.1) is 0 Å². The number of nitrogens with one attached hydrogen (secondary N) is 1. The fourth-order valence-electron chi connectivity index (χ4n) is 3.06. The first kappa shape index (κ1) is 11.5. The summed E-state index contributed by atoms with van der Waals surface area (Å²) in [6.45, 7) is 4.90. The Kier molecular flexibility index (Phi) is 3.34. The number of hydrogen-bond acceptors (Lipinski definition) is 3. The number of rotatable bonds is 3. The second-order valence-electron chi connectivity index (χ2n) is 5.68. The zero-order valence-corrected chi connectivity index (χ0v) is 10.5. The molecule has 1 saturated carbocycles.